The van der Waals surface area contributed by atoms with Crippen molar-refractivity contribution in [1.29, 1.82) is 0 Å². The van der Waals surface area contributed by atoms with Gasteiger partial charge in [-0.15, -0.1) is 0 Å². The zero-order chi connectivity index (χ0) is 22.2. The first kappa shape index (κ1) is 20.4. The molecule has 0 spiro atoms. The number of hydrogen-bond donors (Lipinski definition) is 0. The minimum Gasteiger partial charge on any atom is -0.485 e. The van der Waals surface area contributed by atoms with Gasteiger partial charge in [0.05, 0.1) is 25.5 Å². The van der Waals surface area contributed by atoms with Crippen LogP contribution in [0.25, 0.3) is 11.3 Å². The summed E-state index contributed by atoms with van der Waals surface area (Å²) in [5.41, 5.74) is 2.52. The normalized spacial score (nSPS) is 19.6. The number of hydrogen-bond acceptors (Lipinski definition) is 9. The molecule has 1 aromatic carbocycles. The van der Waals surface area contributed by atoms with Crippen LogP contribution in [0.2, 0.25) is 0 Å². The van der Waals surface area contributed by atoms with Crippen LogP contribution in [0.5, 0.6) is 11.6 Å². The van der Waals surface area contributed by atoms with Crippen LogP contribution in [-0.4, -0.2) is 52.2 Å². The molecule has 10 nitrogen and oxygen atoms in total. The SMILES string of the molecule is O=c1nc(OC[C@H]2COCCO2)cc2n1CCc1cc(OCc3noc(C4CC4)n3)ccc1-2. The van der Waals surface area contributed by atoms with Gasteiger partial charge in [-0.2, -0.15) is 9.97 Å². The van der Waals surface area contributed by atoms with E-state index < -0.39 is 0 Å². The summed E-state index contributed by atoms with van der Waals surface area (Å²) in [5.74, 6) is 2.69. The highest BCUT2D eigenvalue weighted by atomic mass is 16.6. The van der Waals surface area contributed by atoms with E-state index in [1.807, 2.05) is 24.3 Å². The van der Waals surface area contributed by atoms with Gasteiger partial charge in [0, 0.05) is 24.1 Å². The lowest BCUT2D eigenvalue weighted by Crippen LogP contribution is -2.34. The van der Waals surface area contributed by atoms with Crippen molar-refractivity contribution in [2.75, 3.05) is 26.4 Å². The Morgan fingerprint density at radius 2 is 2.06 bits per heavy atom. The summed E-state index contributed by atoms with van der Waals surface area (Å²) in [7, 11) is 0. The first-order chi connectivity index (χ1) is 16.2. The second-order valence-corrected chi connectivity index (χ2v) is 8.47. The van der Waals surface area contributed by atoms with Gasteiger partial charge in [-0.05, 0) is 43.0 Å². The van der Waals surface area contributed by atoms with Gasteiger partial charge in [0.2, 0.25) is 17.6 Å². The molecule has 6 rings (SSSR count). The molecular formula is C23H24N4O6. The standard InChI is InChI=1S/C23H24N4O6/c28-23-25-21(32-12-17-11-29-7-8-30-17)10-19-18-4-3-16(9-15(18)5-6-27(19)23)31-13-20-24-22(33-26-20)14-1-2-14/h3-4,9-10,14,17H,1-2,5-8,11-13H2/t17-/m1/s1. The molecule has 172 valence electrons. The number of rotatable bonds is 7. The minimum absolute atomic E-state index is 0.161. The molecule has 1 saturated carbocycles. The average Bonchev–Trinajstić information content (AvgIpc) is 3.59. The average molecular weight is 452 g/mol. The van der Waals surface area contributed by atoms with Crippen molar-refractivity contribution >= 4 is 0 Å². The fourth-order valence-electron chi connectivity index (χ4n) is 4.13. The smallest absolute Gasteiger partial charge is 0.351 e. The van der Waals surface area contributed by atoms with Crippen LogP contribution in [-0.2, 0) is 29.0 Å². The molecule has 0 radical (unpaired) electrons. The van der Waals surface area contributed by atoms with E-state index in [4.69, 9.17) is 23.5 Å². The molecule has 1 saturated heterocycles. The van der Waals surface area contributed by atoms with E-state index in [9.17, 15) is 4.79 Å². The van der Waals surface area contributed by atoms with E-state index in [1.165, 1.54) is 0 Å². The van der Waals surface area contributed by atoms with Crippen LogP contribution in [0.1, 0.15) is 36.0 Å². The number of aromatic nitrogens is 4. The second-order valence-electron chi connectivity index (χ2n) is 8.47. The van der Waals surface area contributed by atoms with E-state index in [0.717, 1.165) is 35.4 Å². The predicted octanol–water partition coefficient (Wildman–Crippen LogP) is 2.10. The Morgan fingerprint density at radius 1 is 1.12 bits per heavy atom. The molecule has 3 aliphatic rings. The van der Waals surface area contributed by atoms with Crippen molar-refractivity contribution in [1.82, 2.24) is 19.7 Å². The first-order valence-corrected chi connectivity index (χ1v) is 11.3. The Balaban J connectivity index is 1.17. The molecule has 3 aromatic rings. The van der Waals surface area contributed by atoms with Gasteiger partial charge < -0.3 is 23.5 Å². The fourth-order valence-corrected chi connectivity index (χ4v) is 4.13. The van der Waals surface area contributed by atoms with E-state index in [-0.39, 0.29) is 30.9 Å². The van der Waals surface area contributed by atoms with Gasteiger partial charge in [-0.3, -0.25) is 4.57 Å². The molecule has 2 aliphatic heterocycles. The lowest BCUT2D eigenvalue weighted by molar-refractivity contribution is -0.102. The predicted molar refractivity (Wildman–Crippen MR) is 114 cm³/mol. The van der Waals surface area contributed by atoms with E-state index in [2.05, 4.69) is 15.1 Å². The summed E-state index contributed by atoms with van der Waals surface area (Å²) in [6.45, 7) is 2.69. The summed E-state index contributed by atoms with van der Waals surface area (Å²) in [6.07, 6.45) is 2.78. The van der Waals surface area contributed by atoms with Gasteiger partial charge in [-0.25, -0.2) is 4.79 Å². The third-order valence-electron chi connectivity index (χ3n) is 6.03. The highest BCUT2D eigenvalue weighted by Gasteiger charge is 2.29. The van der Waals surface area contributed by atoms with Gasteiger partial charge in [0.1, 0.15) is 18.5 Å². The van der Waals surface area contributed by atoms with Crippen molar-refractivity contribution in [3.63, 3.8) is 0 Å². The third kappa shape index (κ3) is 4.36. The number of fused-ring (bicyclic) bond motifs is 3. The lowest BCUT2D eigenvalue weighted by Gasteiger charge is -2.24. The van der Waals surface area contributed by atoms with Crippen LogP contribution in [0, 0.1) is 0 Å². The molecule has 0 bridgehead atoms. The Kier molecular flexibility index (Phi) is 5.31. The second kappa shape index (κ2) is 8.60. The monoisotopic (exact) mass is 452 g/mol. The Labute approximate surface area is 189 Å². The maximum Gasteiger partial charge on any atom is 0.351 e. The molecule has 0 N–H and O–H groups in total. The number of aryl methyl sites for hydroxylation is 1. The summed E-state index contributed by atoms with van der Waals surface area (Å²) < 4.78 is 29.6. The molecule has 10 heteroatoms. The quantitative estimate of drug-likeness (QED) is 0.532. The lowest BCUT2D eigenvalue weighted by atomic mass is 9.97. The van der Waals surface area contributed by atoms with Gasteiger partial charge >= 0.3 is 5.69 Å². The highest BCUT2D eigenvalue weighted by Crippen LogP contribution is 2.39. The van der Waals surface area contributed by atoms with Crippen molar-refractivity contribution in [3.05, 3.63) is 52.0 Å². The van der Waals surface area contributed by atoms with Crippen LogP contribution in [0.3, 0.4) is 0 Å². The molecule has 33 heavy (non-hydrogen) atoms. The zero-order valence-corrected chi connectivity index (χ0v) is 18.1. The van der Waals surface area contributed by atoms with E-state index in [1.54, 1.807) is 4.57 Å². The number of benzene rings is 1. The minimum atomic E-state index is -0.321. The van der Waals surface area contributed by atoms with Crippen LogP contribution in [0.4, 0.5) is 0 Å². The van der Waals surface area contributed by atoms with Gasteiger partial charge in [0.25, 0.3) is 0 Å². The van der Waals surface area contributed by atoms with Crippen molar-refractivity contribution in [2.24, 2.45) is 0 Å². The van der Waals surface area contributed by atoms with Crippen molar-refractivity contribution < 1.29 is 23.5 Å². The summed E-state index contributed by atoms with van der Waals surface area (Å²) in [5, 5.41) is 3.99. The Hall–Kier alpha value is -3.24. The van der Waals surface area contributed by atoms with Crippen LogP contribution >= 0.6 is 0 Å². The molecule has 4 heterocycles. The summed E-state index contributed by atoms with van der Waals surface area (Å²) in [4.78, 5) is 21.1. The zero-order valence-electron chi connectivity index (χ0n) is 18.1. The maximum absolute atomic E-state index is 12.6. The van der Waals surface area contributed by atoms with Gasteiger partial charge in [-0.1, -0.05) is 5.16 Å². The fraction of sp³-hybridized carbons (Fsp3) is 0.478. The maximum atomic E-state index is 12.6. The Morgan fingerprint density at radius 3 is 2.91 bits per heavy atom. The van der Waals surface area contributed by atoms with E-state index in [0.29, 0.717) is 50.4 Å². The summed E-state index contributed by atoms with van der Waals surface area (Å²) >= 11 is 0. The molecule has 2 aromatic heterocycles. The van der Waals surface area contributed by atoms with Crippen LogP contribution in [0.15, 0.2) is 33.6 Å². The van der Waals surface area contributed by atoms with Gasteiger partial charge in [0.15, 0.2) is 6.61 Å². The number of ether oxygens (including phenoxy) is 4. The van der Waals surface area contributed by atoms with Crippen LogP contribution < -0.4 is 15.2 Å². The van der Waals surface area contributed by atoms with E-state index >= 15 is 0 Å². The van der Waals surface area contributed by atoms with Crippen molar-refractivity contribution in [3.8, 4) is 22.9 Å². The molecule has 1 atom stereocenters. The first-order valence-electron chi connectivity index (χ1n) is 11.3. The number of nitrogens with zero attached hydrogens (tertiary/aromatic N) is 4. The topological polar surface area (TPSA) is 111 Å². The summed E-state index contributed by atoms with van der Waals surface area (Å²) in [6, 6.07) is 7.65. The van der Waals surface area contributed by atoms with Crippen molar-refractivity contribution in [2.45, 2.75) is 44.4 Å². The Bertz CT molecular complexity index is 1210. The molecule has 1 aliphatic carbocycles. The molecule has 0 unspecified atom stereocenters. The third-order valence-corrected chi connectivity index (χ3v) is 6.03. The molecule has 2 fully saturated rings. The highest BCUT2D eigenvalue weighted by molar-refractivity contribution is 5.67. The molecular weight excluding hydrogens is 428 g/mol. The largest absolute Gasteiger partial charge is 0.485 e. The molecule has 0 amide bonds.